The van der Waals surface area contributed by atoms with Crippen molar-refractivity contribution in [3.63, 3.8) is 0 Å². The molecule has 0 bridgehead atoms. The minimum Gasteiger partial charge on any atom is -0.383 e. The van der Waals surface area contributed by atoms with E-state index in [9.17, 15) is 0 Å². The normalized spacial score (nSPS) is 20.1. The van der Waals surface area contributed by atoms with E-state index in [4.69, 9.17) is 10.00 Å². The van der Waals surface area contributed by atoms with Gasteiger partial charge in [-0.1, -0.05) is 0 Å². The lowest BCUT2D eigenvalue weighted by molar-refractivity contribution is 0.0806. The summed E-state index contributed by atoms with van der Waals surface area (Å²) in [6, 6.07) is 5.93. The Morgan fingerprint density at radius 1 is 1.69 bits per heavy atom. The highest BCUT2D eigenvalue weighted by Gasteiger charge is 2.12. The van der Waals surface area contributed by atoms with Crippen molar-refractivity contribution < 1.29 is 4.74 Å². The number of aromatic nitrogens is 1. The Morgan fingerprint density at radius 2 is 2.62 bits per heavy atom. The molecule has 16 heavy (non-hydrogen) atoms. The molecule has 2 rings (SSSR count). The Balaban J connectivity index is 1.86. The molecule has 1 unspecified atom stereocenters. The molecule has 0 amide bonds. The van der Waals surface area contributed by atoms with Crippen LogP contribution in [0.5, 0.6) is 0 Å². The number of morpholine rings is 1. The van der Waals surface area contributed by atoms with E-state index in [2.05, 4.69) is 15.6 Å². The van der Waals surface area contributed by atoms with Gasteiger partial charge in [0.15, 0.2) is 0 Å². The van der Waals surface area contributed by atoms with Crippen LogP contribution in [-0.2, 0) is 4.74 Å². The minimum absolute atomic E-state index is 0.326. The monoisotopic (exact) mass is 218 g/mol. The fourth-order valence-electron chi connectivity index (χ4n) is 1.59. The summed E-state index contributed by atoms with van der Waals surface area (Å²) in [5.74, 6) is 0. The van der Waals surface area contributed by atoms with Gasteiger partial charge >= 0.3 is 0 Å². The largest absolute Gasteiger partial charge is 0.383 e. The average molecular weight is 218 g/mol. The molecule has 0 spiro atoms. The first-order valence-electron chi connectivity index (χ1n) is 5.29. The number of ether oxygens (including phenoxy) is 1. The van der Waals surface area contributed by atoms with Crippen molar-refractivity contribution in [1.29, 1.82) is 5.26 Å². The van der Waals surface area contributed by atoms with Crippen LogP contribution in [0.2, 0.25) is 0 Å². The third-order valence-corrected chi connectivity index (χ3v) is 2.43. The third-order valence-electron chi connectivity index (χ3n) is 2.43. The molecule has 84 valence electrons. The van der Waals surface area contributed by atoms with Gasteiger partial charge < -0.3 is 15.4 Å². The zero-order chi connectivity index (χ0) is 11.2. The predicted molar refractivity (Wildman–Crippen MR) is 60.1 cm³/mol. The molecule has 0 saturated carbocycles. The van der Waals surface area contributed by atoms with Gasteiger partial charge in [-0.05, 0) is 12.1 Å². The van der Waals surface area contributed by atoms with Gasteiger partial charge in [0, 0.05) is 31.0 Å². The van der Waals surface area contributed by atoms with Gasteiger partial charge in [0.05, 0.1) is 13.2 Å². The molecular weight excluding hydrogens is 204 g/mol. The molecule has 1 aliphatic rings. The van der Waals surface area contributed by atoms with Crippen LogP contribution >= 0.6 is 0 Å². The quantitative estimate of drug-likeness (QED) is 0.766. The average Bonchev–Trinajstić information content (AvgIpc) is 2.38. The van der Waals surface area contributed by atoms with Crippen LogP contribution in [0, 0.1) is 11.3 Å². The van der Waals surface area contributed by atoms with Crippen LogP contribution in [0.1, 0.15) is 5.69 Å². The molecule has 0 aliphatic carbocycles. The van der Waals surface area contributed by atoms with Crippen LogP contribution in [-0.4, -0.2) is 37.3 Å². The molecule has 0 radical (unpaired) electrons. The highest BCUT2D eigenvalue weighted by molar-refractivity contribution is 5.45. The zero-order valence-electron chi connectivity index (χ0n) is 8.94. The van der Waals surface area contributed by atoms with Crippen molar-refractivity contribution in [2.45, 2.75) is 6.04 Å². The van der Waals surface area contributed by atoms with Gasteiger partial charge in [0.25, 0.3) is 0 Å². The molecule has 1 atom stereocenters. The standard InChI is InChI=1S/C11H14N4O/c12-6-10-5-9(1-2-13-10)15-7-11-8-16-4-3-14-11/h1-2,5,11,14H,3-4,7-8H2,(H,13,15). The first kappa shape index (κ1) is 10.9. The minimum atomic E-state index is 0.326. The van der Waals surface area contributed by atoms with E-state index in [1.165, 1.54) is 0 Å². The van der Waals surface area contributed by atoms with Gasteiger partial charge in [-0.3, -0.25) is 0 Å². The molecule has 1 saturated heterocycles. The van der Waals surface area contributed by atoms with Crippen molar-refractivity contribution >= 4 is 5.69 Å². The second-order valence-corrected chi connectivity index (χ2v) is 3.65. The summed E-state index contributed by atoms with van der Waals surface area (Å²) >= 11 is 0. The van der Waals surface area contributed by atoms with Gasteiger partial charge in [-0.25, -0.2) is 4.98 Å². The molecule has 5 nitrogen and oxygen atoms in total. The highest BCUT2D eigenvalue weighted by Crippen LogP contribution is 2.07. The van der Waals surface area contributed by atoms with Crippen LogP contribution < -0.4 is 10.6 Å². The molecule has 2 heterocycles. The Morgan fingerprint density at radius 3 is 3.38 bits per heavy atom. The maximum Gasteiger partial charge on any atom is 0.142 e. The molecule has 2 N–H and O–H groups in total. The summed E-state index contributed by atoms with van der Waals surface area (Å²) < 4.78 is 5.35. The Labute approximate surface area is 94.4 Å². The lowest BCUT2D eigenvalue weighted by atomic mass is 10.2. The lowest BCUT2D eigenvalue weighted by Crippen LogP contribution is -2.45. The van der Waals surface area contributed by atoms with Gasteiger partial charge in [-0.15, -0.1) is 0 Å². The summed E-state index contributed by atoms with van der Waals surface area (Å²) in [5.41, 5.74) is 1.34. The van der Waals surface area contributed by atoms with Crippen molar-refractivity contribution in [1.82, 2.24) is 10.3 Å². The predicted octanol–water partition coefficient (Wildman–Crippen LogP) is 0.354. The Bertz CT molecular complexity index is 382. The lowest BCUT2D eigenvalue weighted by Gasteiger charge is -2.24. The number of rotatable bonds is 3. The van der Waals surface area contributed by atoms with E-state index in [-0.39, 0.29) is 0 Å². The van der Waals surface area contributed by atoms with E-state index < -0.39 is 0 Å². The van der Waals surface area contributed by atoms with Crippen LogP contribution in [0.15, 0.2) is 18.3 Å². The number of nitrogens with zero attached hydrogens (tertiary/aromatic N) is 2. The summed E-state index contributed by atoms with van der Waals surface area (Å²) in [6.45, 7) is 3.19. The summed E-state index contributed by atoms with van der Waals surface area (Å²) in [6.07, 6.45) is 1.63. The van der Waals surface area contributed by atoms with Crippen molar-refractivity contribution in [3.05, 3.63) is 24.0 Å². The number of nitriles is 1. The number of nitrogens with one attached hydrogen (secondary N) is 2. The van der Waals surface area contributed by atoms with Gasteiger partial charge in [-0.2, -0.15) is 5.26 Å². The molecule has 5 heteroatoms. The fraction of sp³-hybridized carbons (Fsp3) is 0.455. The molecule has 0 aromatic carbocycles. The van der Waals surface area contributed by atoms with Crippen LogP contribution in [0.3, 0.4) is 0 Å². The Kier molecular flexibility index (Phi) is 3.70. The molecule has 1 aliphatic heterocycles. The summed E-state index contributed by atoms with van der Waals surface area (Å²) in [7, 11) is 0. The first-order valence-corrected chi connectivity index (χ1v) is 5.29. The first-order chi connectivity index (χ1) is 7.88. The molecule has 1 fully saturated rings. The molecule has 1 aromatic rings. The number of hydrogen-bond acceptors (Lipinski definition) is 5. The van der Waals surface area contributed by atoms with E-state index in [1.54, 1.807) is 12.3 Å². The number of hydrogen-bond donors (Lipinski definition) is 2. The van der Waals surface area contributed by atoms with E-state index >= 15 is 0 Å². The van der Waals surface area contributed by atoms with Gasteiger partial charge in [0.2, 0.25) is 0 Å². The molecular formula is C11H14N4O. The molecule has 1 aromatic heterocycles. The van der Waals surface area contributed by atoms with Crippen LogP contribution in [0.25, 0.3) is 0 Å². The third kappa shape index (κ3) is 2.92. The van der Waals surface area contributed by atoms with Crippen LogP contribution in [0.4, 0.5) is 5.69 Å². The summed E-state index contributed by atoms with van der Waals surface area (Å²) in [5, 5.41) is 15.3. The number of anilines is 1. The van der Waals surface area contributed by atoms with Crippen molar-refractivity contribution in [3.8, 4) is 6.07 Å². The topological polar surface area (TPSA) is 70.0 Å². The SMILES string of the molecule is N#Cc1cc(NCC2COCCN2)ccn1. The van der Waals surface area contributed by atoms with E-state index in [0.717, 1.165) is 32.0 Å². The maximum atomic E-state index is 8.71. The van der Waals surface area contributed by atoms with Crippen molar-refractivity contribution in [2.75, 3.05) is 31.6 Å². The fourth-order valence-corrected chi connectivity index (χ4v) is 1.59. The second kappa shape index (κ2) is 5.45. The van der Waals surface area contributed by atoms with Crippen molar-refractivity contribution in [2.24, 2.45) is 0 Å². The summed E-state index contributed by atoms with van der Waals surface area (Å²) in [4.78, 5) is 3.91. The smallest absolute Gasteiger partial charge is 0.142 e. The van der Waals surface area contributed by atoms with Gasteiger partial charge in [0.1, 0.15) is 11.8 Å². The van der Waals surface area contributed by atoms with E-state index in [1.807, 2.05) is 12.1 Å². The maximum absolute atomic E-state index is 8.71. The second-order valence-electron chi connectivity index (χ2n) is 3.65. The highest BCUT2D eigenvalue weighted by atomic mass is 16.5. The Hall–Kier alpha value is -1.64. The number of pyridine rings is 1. The van der Waals surface area contributed by atoms with E-state index in [0.29, 0.717) is 11.7 Å². The zero-order valence-corrected chi connectivity index (χ0v) is 8.94.